The van der Waals surface area contributed by atoms with Gasteiger partial charge in [-0.15, -0.1) is 0 Å². The summed E-state index contributed by atoms with van der Waals surface area (Å²) in [4.78, 5) is 24.1. The summed E-state index contributed by atoms with van der Waals surface area (Å²) in [6.45, 7) is 5.38. The fraction of sp³-hybridized carbons (Fsp3) is 0.217. The summed E-state index contributed by atoms with van der Waals surface area (Å²) in [6.07, 6.45) is -0.780. The van der Waals surface area contributed by atoms with Crippen LogP contribution in [0, 0.1) is 13.8 Å². The van der Waals surface area contributed by atoms with Gasteiger partial charge in [0.2, 0.25) is 0 Å². The molecule has 2 N–H and O–H groups in total. The Hall–Kier alpha value is -3.54. The first-order valence-electron chi connectivity index (χ1n) is 9.36. The molecule has 29 heavy (non-hydrogen) atoms. The SMILES string of the molecule is Cc1ccc(OCC(=O)NNC(=O)[C@H](C)Oc2ccc3ccccc3c2)cc1C. The highest BCUT2D eigenvalue weighted by Crippen LogP contribution is 2.21. The minimum Gasteiger partial charge on any atom is -0.484 e. The van der Waals surface area contributed by atoms with E-state index in [1.54, 1.807) is 13.0 Å². The molecule has 3 aromatic carbocycles. The lowest BCUT2D eigenvalue weighted by molar-refractivity contribution is -0.133. The van der Waals surface area contributed by atoms with Crippen molar-refractivity contribution in [2.45, 2.75) is 26.9 Å². The fourth-order valence-electron chi connectivity index (χ4n) is 2.72. The van der Waals surface area contributed by atoms with Gasteiger partial charge in [0, 0.05) is 0 Å². The molecule has 1 atom stereocenters. The third kappa shape index (κ3) is 5.48. The van der Waals surface area contributed by atoms with E-state index in [4.69, 9.17) is 9.47 Å². The van der Waals surface area contributed by atoms with Crippen LogP contribution in [-0.4, -0.2) is 24.5 Å². The molecule has 0 aliphatic rings. The molecule has 0 saturated heterocycles. The van der Waals surface area contributed by atoms with Gasteiger partial charge in [0.15, 0.2) is 12.7 Å². The van der Waals surface area contributed by atoms with Crippen molar-refractivity contribution in [3.8, 4) is 11.5 Å². The van der Waals surface area contributed by atoms with E-state index in [0.29, 0.717) is 11.5 Å². The molecule has 6 heteroatoms. The highest BCUT2D eigenvalue weighted by molar-refractivity contribution is 5.86. The average molecular weight is 392 g/mol. The van der Waals surface area contributed by atoms with Gasteiger partial charge in [-0.3, -0.25) is 20.4 Å². The molecule has 0 unspecified atom stereocenters. The second-order valence-electron chi connectivity index (χ2n) is 6.84. The van der Waals surface area contributed by atoms with E-state index in [1.807, 2.05) is 68.4 Å². The summed E-state index contributed by atoms with van der Waals surface area (Å²) >= 11 is 0. The van der Waals surface area contributed by atoms with Crippen molar-refractivity contribution in [1.29, 1.82) is 0 Å². The third-order valence-electron chi connectivity index (χ3n) is 4.58. The van der Waals surface area contributed by atoms with E-state index in [-0.39, 0.29) is 6.61 Å². The largest absolute Gasteiger partial charge is 0.484 e. The van der Waals surface area contributed by atoms with Crippen LogP contribution in [0.2, 0.25) is 0 Å². The van der Waals surface area contributed by atoms with Crippen LogP contribution in [0.1, 0.15) is 18.1 Å². The van der Waals surface area contributed by atoms with E-state index < -0.39 is 17.9 Å². The smallest absolute Gasteiger partial charge is 0.279 e. The third-order valence-corrected chi connectivity index (χ3v) is 4.58. The summed E-state index contributed by atoms with van der Waals surface area (Å²) < 4.78 is 11.1. The molecule has 0 saturated carbocycles. The predicted molar refractivity (Wildman–Crippen MR) is 112 cm³/mol. The number of benzene rings is 3. The van der Waals surface area contributed by atoms with Crippen LogP contribution in [0.5, 0.6) is 11.5 Å². The van der Waals surface area contributed by atoms with Crippen LogP contribution in [-0.2, 0) is 9.59 Å². The van der Waals surface area contributed by atoms with Crippen molar-refractivity contribution in [3.63, 3.8) is 0 Å². The lowest BCUT2D eigenvalue weighted by Crippen LogP contribution is -2.48. The Morgan fingerprint density at radius 1 is 0.862 bits per heavy atom. The number of amides is 2. The van der Waals surface area contributed by atoms with Crippen molar-refractivity contribution in [1.82, 2.24) is 10.9 Å². The maximum Gasteiger partial charge on any atom is 0.279 e. The Morgan fingerprint density at radius 3 is 2.34 bits per heavy atom. The summed E-state index contributed by atoms with van der Waals surface area (Å²) in [7, 11) is 0. The van der Waals surface area contributed by atoms with Crippen LogP contribution in [0.4, 0.5) is 0 Å². The van der Waals surface area contributed by atoms with Gasteiger partial charge in [0.25, 0.3) is 11.8 Å². The van der Waals surface area contributed by atoms with Gasteiger partial charge in [-0.1, -0.05) is 36.4 Å². The Morgan fingerprint density at radius 2 is 1.59 bits per heavy atom. The summed E-state index contributed by atoms with van der Waals surface area (Å²) in [6, 6.07) is 19.1. The number of hydrogen-bond acceptors (Lipinski definition) is 4. The van der Waals surface area contributed by atoms with E-state index in [1.165, 1.54) is 0 Å². The molecular weight excluding hydrogens is 368 g/mol. The van der Waals surface area contributed by atoms with E-state index in [9.17, 15) is 9.59 Å². The molecule has 0 radical (unpaired) electrons. The molecule has 0 aromatic heterocycles. The fourth-order valence-corrected chi connectivity index (χ4v) is 2.72. The zero-order valence-corrected chi connectivity index (χ0v) is 16.7. The molecule has 0 spiro atoms. The van der Waals surface area contributed by atoms with Gasteiger partial charge in [0.05, 0.1) is 0 Å². The summed E-state index contributed by atoms with van der Waals surface area (Å²) in [5, 5.41) is 2.11. The number of aryl methyl sites for hydroxylation is 2. The quantitative estimate of drug-likeness (QED) is 0.630. The average Bonchev–Trinajstić information content (AvgIpc) is 2.72. The van der Waals surface area contributed by atoms with E-state index in [0.717, 1.165) is 21.9 Å². The standard InChI is InChI=1S/C23H24N2O4/c1-15-8-10-20(12-16(15)2)28-14-22(26)24-25-23(27)17(3)29-21-11-9-18-6-4-5-7-19(18)13-21/h4-13,17H,14H2,1-3H3,(H,24,26)(H,25,27)/t17-/m0/s1. The normalized spacial score (nSPS) is 11.6. The highest BCUT2D eigenvalue weighted by atomic mass is 16.5. The number of hydrogen-bond donors (Lipinski definition) is 2. The zero-order chi connectivity index (χ0) is 20.8. The molecule has 0 bridgehead atoms. The minimum absolute atomic E-state index is 0.206. The molecule has 2 amide bonds. The van der Waals surface area contributed by atoms with Gasteiger partial charge < -0.3 is 9.47 Å². The van der Waals surface area contributed by atoms with Gasteiger partial charge in [-0.25, -0.2) is 0 Å². The predicted octanol–water partition coefficient (Wildman–Crippen LogP) is 3.45. The second-order valence-corrected chi connectivity index (χ2v) is 6.84. The lowest BCUT2D eigenvalue weighted by Gasteiger charge is -2.16. The summed E-state index contributed by atoms with van der Waals surface area (Å²) in [5.74, 6) is 0.255. The maximum absolute atomic E-state index is 12.2. The Balaban J connectivity index is 1.46. The Labute approximate surface area is 169 Å². The van der Waals surface area contributed by atoms with Crippen molar-refractivity contribution in [3.05, 3.63) is 71.8 Å². The maximum atomic E-state index is 12.2. The number of carbonyl (C=O) groups is 2. The molecular formula is C23H24N2O4. The number of hydrazine groups is 1. The monoisotopic (exact) mass is 392 g/mol. The number of nitrogens with one attached hydrogen (secondary N) is 2. The van der Waals surface area contributed by atoms with Gasteiger partial charge in [-0.05, 0) is 66.9 Å². The minimum atomic E-state index is -0.780. The highest BCUT2D eigenvalue weighted by Gasteiger charge is 2.16. The van der Waals surface area contributed by atoms with Gasteiger partial charge in [-0.2, -0.15) is 0 Å². The van der Waals surface area contributed by atoms with Crippen LogP contribution in [0.25, 0.3) is 10.8 Å². The zero-order valence-electron chi connectivity index (χ0n) is 16.7. The van der Waals surface area contributed by atoms with Crippen LogP contribution < -0.4 is 20.3 Å². The molecule has 3 aromatic rings. The second kappa shape index (κ2) is 9.10. The first kappa shape index (κ1) is 20.2. The molecule has 3 rings (SSSR count). The van der Waals surface area contributed by atoms with Crippen LogP contribution in [0.3, 0.4) is 0 Å². The molecule has 0 heterocycles. The number of fused-ring (bicyclic) bond motifs is 1. The molecule has 150 valence electrons. The first-order chi connectivity index (χ1) is 13.9. The van der Waals surface area contributed by atoms with Crippen molar-refractivity contribution < 1.29 is 19.1 Å². The molecule has 0 fully saturated rings. The molecule has 6 nitrogen and oxygen atoms in total. The first-order valence-corrected chi connectivity index (χ1v) is 9.36. The Bertz CT molecular complexity index is 1030. The number of carbonyl (C=O) groups excluding carboxylic acids is 2. The van der Waals surface area contributed by atoms with E-state index in [2.05, 4.69) is 10.9 Å². The van der Waals surface area contributed by atoms with Gasteiger partial charge >= 0.3 is 0 Å². The van der Waals surface area contributed by atoms with E-state index >= 15 is 0 Å². The molecule has 0 aliphatic heterocycles. The van der Waals surface area contributed by atoms with Crippen LogP contribution in [0.15, 0.2) is 60.7 Å². The van der Waals surface area contributed by atoms with Gasteiger partial charge in [0.1, 0.15) is 11.5 Å². The van der Waals surface area contributed by atoms with Crippen LogP contribution >= 0.6 is 0 Å². The Kier molecular flexibility index (Phi) is 6.34. The lowest BCUT2D eigenvalue weighted by atomic mass is 10.1. The number of ether oxygens (including phenoxy) is 2. The van der Waals surface area contributed by atoms with Crippen molar-refractivity contribution in [2.24, 2.45) is 0 Å². The van der Waals surface area contributed by atoms with Crippen molar-refractivity contribution in [2.75, 3.05) is 6.61 Å². The summed E-state index contributed by atoms with van der Waals surface area (Å²) in [5.41, 5.74) is 6.91. The topological polar surface area (TPSA) is 76.7 Å². The number of rotatable bonds is 6. The molecule has 0 aliphatic carbocycles. The van der Waals surface area contributed by atoms with Crippen molar-refractivity contribution >= 4 is 22.6 Å².